The van der Waals surface area contributed by atoms with Crippen LogP contribution >= 0.6 is 0 Å². The van der Waals surface area contributed by atoms with Gasteiger partial charge in [-0.05, 0) is 30.3 Å². The molecule has 1 aliphatic rings. The average molecular weight is 420 g/mol. The number of hydrogen-bond donors (Lipinski definition) is 4. The first-order valence-electron chi connectivity index (χ1n) is 8.75. The minimum atomic E-state index is -4.44. The molecule has 0 fully saturated rings. The van der Waals surface area contributed by atoms with Crippen molar-refractivity contribution in [2.45, 2.75) is 18.4 Å². The smallest absolute Gasteiger partial charge is 0.394 e. The highest BCUT2D eigenvalue weighted by Crippen LogP contribution is 2.29. The zero-order valence-corrected chi connectivity index (χ0v) is 15.1. The number of amidine groups is 1. The van der Waals surface area contributed by atoms with Crippen LogP contribution in [0.25, 0.3) is 11.0 Å². The van der Waals surface area contributed by atoms with Crippen LogP contribution in [0.2, 0.25) is 0 Å². The number of nitrogens with zero attached hydrogens (tertiary/aromatic N) is 3. The van der Waals surface area contributed by atoms with Crippen molar-refractivity contribution in [2.75, 3.05) is 6.61 Å². The van der Waals surface area contributed by atoms with Gasteiger partial charge in [0, 0.05) is 11.1 Å². The summed E-state index contributed by atoms with van der Waals surface area (Å²) >= 11 is 0. The number of aromatic nitrogens is 3. The van der Waals surface area contributed by atoms with E-state index in [1.165, 1.54) is 18.2 Å². The third kappa shape index (κ3) is 3.89. The Balaban J connectivity index is 1.41. The summed E-state index contributed by atoms with van der Waals surface area (Å²) in [7, 11) is 0. The van der Waals surface area contributed by atoms with E-state index in [4.69, 9.17) is 4.84 Å². The molecule has 2 heterocycles. The predicted octanol–water partition coefficient (Wildman–Crippen LogP) is 1.38. The second-order valence-corrected chi connectivity index (χ2v) is 6.49. The highest BCUT2D eigenvalue weighted by molar-refractivity contribution is 6.00. The summed E-state index contributed by atoms with van der Waals surface area (Å²) < 4.78 is 38.1. The highest BCUT2D eigenvalue weighted by atomic mass is 19.4. The second-order valence-electron chi connectivity index (χ2n) is 6.49. The molecule has 2 atom stereocenters. The molecular formula is C18H15F3N6O3. The molecule has 2 aromatic carbocycles. The zero-order chi connectivity index (χ0) is 21.3. The van der Waals surface area contributed by atoms with Crippen LogP contribution in [-0.2, 0) is 11.0 Å². The summed E-state index contributed by atoms with van der Waals surface area (Å²) in [5.41, 5.74) is 1.06. The number of carbonyl (C=O) groups is 1. The molecule has 0 saturated carbocycles. The molecule has 4 N–H and O–H groups in total. The van der Waals surface area contributed by atoms with Crippen molar-refractivity contribution in [2.24, 2.45) is 5.16 Å². The molecule has 9 nitrogen and oxygen atoms in total. The lowest BCUT2D eigenvalue weighted by molar-refractivity contribution is -0.137. The minimum Gasteiger partial charge on any atom is -0.394 e. The van der Waals surface area contributed by atoms with E-state index in [1.54, 1.807) is 12.1 Å². The monoisotopic (exact) mass is 420 g/mol. The number of halogens is 3. The van der Waals surface area contributed by atoms with Crippen molar-refractivity contribution in [1.29, 1.82) is 0 Å². The lowest BCUT2D eigenvalue weighted by Gasteiger charge is -2.21. The fourth-order valence-electron chi connectivity index (χ4n) is 2.88. The standard InChI is InChI=1S/C18H15F3N6O3/c19-18(20,21)11-4-1-9(2-5-11)15-23-17(30-26-15)14(8-28)22-16(29)10-3-6-12-13(7-10)25-27-24-12/h1-7,14,17,28H,8H2,(H,22,29)(H,23,26)(H,24,25,27)/t14-,17?/m0/s1. The van der Waals surface area contributed by atoms with E-state index in [2.05, 4.69) is 31.2 Å². The fourth-order valence-corrected chi connectivity index (χ4v) is 2.88. The first-order valence-corrected chi connectivity index (χ1v) is 8.75. The minimum absolute atomic E-state index is 0.186. The van der Waals surface area contributed by atoms with E-state index in [0.717, 1.165) is 12.1 Å². The largest absolute Gasteiger partial charge is 0.416 e. The Bertz CT molecular complexity index is 1100. The summed E-state index contributed by atoms with van der Waals surface area (Å²) in [4.78, 5) is 17.7. The number of alkyl halides is 3. The van der Waals surface area contributed by atoms with Crippen LogP contribution in [-0.4, -0.2) is 51.1 Å². The van der Waals surface area contributed by atoms with Gasteiger partial charge in [-0.25, -0.2) is 0 Å². The number of aliphatic hydroxyl groups excluding tert-OH is 1. The number of aromatic amines is 1. The average Bonchev–Trinajstić information content (AvgIpc) is 3.40. The number of benzene rings is 2. The Morgan fingerprint density at radius 2 is 2.00 bits per heavy atom. The van der Waals surface area contributed by atoms with E-state index in [1.807, 2.05) is 0 Å². The molecule has 0 bridgehead atoms. The molecular weight excluding hydrogens is 405 g/mol. The van der Waals surface area contributed by atoms with Crippen LogP contribution in [0.15, 0.2) is 47.6 Å². The second kappa shape index (κ2) is 7.63. The summed E-state index contributed by atoms with van der Waals surface area (Å²) in [6.07, 6.45) is -5.35. The number of nitrogens with one attached hydrogen (secondary N) is 3. The molecule has 0 spiro atoms. The first-order chi connectivity index (χ1) is 14.3. The van der Waals surface area contributed by atoms with Gasteiger partial charge in [0.05, 0.1) is 17.7 Å². The molecule has 0 radical (unpaired) electrons. The third-order valence-corrected chi connectivity index (χ3v) is 4.49. The van der Waals surface area contributed by atoms with Crippen LogP contribution < -0.4 is 10.6 Å². The lowest BCUT2D eigenvalue weighted by atomic mass is 10.1. The summed E-state index contributed by atoms with van der Waals surface area (Å²) in [6, 6.07) is 8.24. The topological polar surface area (TPSA) is 125 Å². The molecule has 0 saturated heterocycles. The Morgan fingerprint density at radius 1 is 1.23 bits per heavy atom. The molecule has 156 valence electrons. The van der Waals surface area contributed by atoms with Crippen molar-refractivity contribution in [3.63, 3.8) is 0 Å². The maximum Gasteiger partial charge on any atom is 0.416 e. The van der Waals surface area contributed by atoms with Gasteiger partial charge in [-0.2, -0.15) is 13.2 Å². The van der Waals surface area contributed by atoms with Crippen LogP contribution in [0.3, 0.4) is 0 Å². The van der Waals surface area contributed by atoms with Crippen molar-refractivity contribution < 1.29 is 27.9 Å². The lowest BCUT2D eigenvalue weighted by Crippen LogP contribution is -2.51. The van der Waals surface area contributed by atoms with Gasteiger partial charge in [0.1, 0.15) is 11.6 Å². The van der Waals surface area contributed by atoms with Crippen molar-refractivity contribution in [3.8, 4) is 0 Å². The van der Waals surface area contributed by atoms with Gasteiger partial charge in [0.25, 0.3) is 5.91 Å². The van der Waals surface area contributed by atoms with E-state index in [9.17, 15) is 23.1 Å². The van der Waals surface area contributed by atoms with Gasteiger partial charge >= 0.3 is 6.18 Å². The van der Waals surface area contributed by atoms with Gasteiger partial charge < -0.3 is 20.6 Å². The van der Waals surface area contributed by atoms with Crippen LogP contribution in [0, 0.1) is 0 Å². The first kappa shape index (κ1) is 19.6. The van der Waals surface area contributed by atoms with E-state index in [-0.39, 0.29) is 5.84 Å². The van der Waals surface area contributed by atoms with E-state index in [0.29, 0.717) is 22.2 Å². The third-order valence-electron chi connectivity index (χ3n) is 4.49. The van der Waals surface area contributed by atoms with Gasteiger partial charge in [0.15, 0.2) is 5.84 Å². The molecule has 3 aromatic rings. The fraction of sp³-hybridized carbons (Fsp3) is 0.222. The van der Waals surface area contributed by atoms with Crippen LogP contribution in [0.5, 0.6) is 0 Å². The maximum atomic E-state index is 12.7. The number of H-pyrrole nitrogens is 1. The Labute approximate surface area is 166 Å². The maximum absolute atomic E-state index is 12.7. The molecule has 0 aliphatic carbocycles. The number of oxime groups is 1. The van der Waals surface area contributed by atoms with Gasteiger partial charge in [-0.1, -0.05) is 22.5 Å². The molecule has 12 heteroatoms. The number of aliphatic hydroxyl groups is 1. The SMILES string of the molecule is O=C(N[C@@H](CO)C1NC(c2ccc(C(F)(F)F)cc2)=NO1)c1ccc2[nH]nnc2c1. The molecule has 1 aromatic heterocycles. The normalized spacial score (nSPS) is 17.2. The Hall–Kier alpha value is -3.67. The van der Waals surface area contributed by atoms with Gasteiger partial charge in [-0.3, -0.25) is 9.89 Å². The summed E-state index contributed by atoms with van der Waals surface area (Å²) in [5.74, 6) is -0.294. The number of rotatable bonds is 5. The van der Waals surface area contributed by atoms with Crippen molar-refractivity contribution in [1.82, 2.24) is 26.0 Å². The van der Waals surface area contributed by atoms with Crippen LogP contribution in [0.1, 0.15) is 21.5 Å². The number of amides is 1. The Morgan fingerprint density at radius 3 is 2.70 bits per heavy atom. The van der Waals surface area contributed by atoms with E-state index >= 15 is 0 Å². The van der Waals surface area contributed by atoms with Crippen molar-refractivity contribution in [3.05, 3.63) is 59.2 Å². The quantitative estimate of drug-likeness (QED) is 0.494. The summed E-state index contributed by atoms with van der Waals surface area (Å²) in [5, 5.41) is 29.1. The zero-order valence-electron chi connectivity index (χ0n) is 15.1. The molecule has 1 unspecified atom stereocenters. The number of carbonyl (C=O) groups excluding carboxylic acids is 1. The van der Waals surface area contributed by atoms with Gasteiger partial charge in [0.2, 0.25) is 6.23 Å². The molecule has 30 heavy (non-hydrogen) atoms. The highest BCUT2D eigenvalue weighted by Gasteiger charge is 2.32. The van der Waals surface area contributed by atoms with Gasteiger partial charge in [-0.15, -0.1) is 5.10 Å². The molecule has 1 aliphatic heterocycles. The molecule has 1 amide bonds. The summed E-state index contributed by atoms with van der Waals surface area (Å²) in [6.45, 7) is -0.467. The van der Waals surface area contributed by atoms with Crippen molar-refractivity contribution >= 4 is 22.8 Å². The predicted molar refractivity (Wildman–Crippen MR) is 98.2 cm³/mol. The molecule has 4 rings (SSSR count). The van der Waals surface area contributed by atoms with Crippen LogP contribution in [0.4, 0.5) is 13.2 Å². The van der Waals surface area contributed by atoms with E-state index < -0.39 is 36.5 Å². The number of hydrogen-bond acceptors (Lipinski definition) is 7. The Kier molecular flexibility index (Phi) is 4.99. The number of fused-ring (bicyclic) bond motifs is 1.